The molecule has 0 bridgehead atoms. The van der Waals surface area contributed by atoms with Gasteiger partial charge < -0.3 is 14.7 Å². The Hall–Kier alpha value is -2.07. The van der Waals surface area contributed by atoms with Gasteiger partial charge in [0.25, 0.3) is 0 Å². The van der Waals surface area contributed by atoms with Crippen LogP contribution in [0.4, 0.5) is 11.4 Å². The summed E-state index contributed by atoms with van der Waals surface area (Å²) in [7, 11) is 0. The van der Waals surface area contributed by atoms with E-state index in [-0.39, 0.29) is 0 Å². The highest BCUT2D eigenvalue weighted by atomic mass is 15.3. The first-order chi connectivity index (χ1) is 12.4. The smallest absolute Gasteiger partial charge is 0.0607 e. The minimum absolute atomic E-state index is 0.959. The molecule has 0 amide bonds. The van der Waals surface area contributed by atoms with Crippen LogP contribution in [0.25, 0.3) is 0 Å². The van der Waals surface area contributed by atoms with Crippen LogP contribution in [-0.2, 0) is 6.54 Å². The Labute approximate surface area is 151 Å². The van der Waals surface area contributed by atoms with E-state index in [1.54, 1.807) is 0 Å². The third kappa shape index (κ3) is 3.96. The lowest BCUT2D eigenvalue weighted by atomic mass is 10.1. The summed E-state index contributed by atoms with van der Waals surface area (Å²) in [6.07, 6.45) is 7.80. The molecular formula is C21H28N4. The molecule has 0 spiro atoms. The van der Waals surface area contributed by atoms with Crippen molar-refractivity contribution >= 4 is 11.4 Å². The van der Waals surface area contributed by atoms with E-state index in [2.05, 4.69) is 56.1 Å². The number of hydrogen-bond donors (Lipinski definition) is 0. The first-order valence-electron chi connectivity index (χ1n) is 9.60. The van der Waals surface area contributed by atoms with Crippen molar-refractivity contribution in [1.29, 1.82) is 0 Å². The topological polar surface area (TPSA) is 22.6 Å². The molecule has 3 heterocycles. The molecule has 0 unspecified atom stereocenters. The van der Waals surface area contributed by atoms with Gasteiger partial charge in [-0.05, 0) is 68.7 Å². The molecule has 2 aliphatic rings. The first-order valence-corrected chi connectivity index (χ1v) is 9.60. The summed E-state index contributed by atoms with van der Waals surface area (Å²) < 4.78 is 0. The molecule has 132 valence electrons. The maximum atomic E-state index is 4.13. The summed E-state index contributed by atoms with van der Waals surface area (Å²) in [6, 6.07) is 13.1. The molecule has 4 rings (SSSR count). The minimum Gasteiger partial charge on any atom is -0.368 e. The highest BCUT2D eigenvalue weighted by molar-refractivity contribution is 5.73. The van der Waals surface area contributed by atoms with Crippen LogP contribution in [0.1, 0.15) is 24.8 Å². The fourth-order valence-corrected chi connectivity index (χ4v) is 4.08. The van der Waals surface area contributed by atoms with E-state index in [4.69, 9.17) is 0 Å². The Morgan fingerprint density at radius 2 is 1.44 bits per heavy atom. The van der Waals surface area contributed by atoms with Crippen LogP contribution in [0.3, 0.4) is 0 Å². The van der Waals surface area contributed by atoms with Crippen LogP contribution in [-0.4, -0.2) is 49.2 Å². The first kappa shape index (κ1) is 16.4. The third-order valence-electron chi connectivity index (χ3n) is 5.43. The largest absolute Gasteiger partial charge is 0.368 e. The van der Waals surface area contributed by atoms with Crippen LogP contribution >= 0.6 is 0 Å². The lowest BCUT2D eigenvalue weighted by Gasteiger charge is -2.39. The molecule has 0 aliphatic carbocycles. The zero-order valence-corrected chi connectivity index (χ0v) is 15.0. The molecule has 0 radical (unpaired) electrons. The molecule has 1 fully saturated rings. The van der Waals surface area contributed by atoms with Gasteiger partial charge in [0.2, 0.25) is 0 Å². The van der Waals surface area contributed by atoms with E-state index in [0.29, 0.717) is 0 Å². The normalized spacial score (nSPS) is 17.8. The number of pyridine rings is 1. The fraction of sp³-hybridized carbons (Fsp3) is 0.476. The highest BCUT2D eigenvalue weighted by Crippen LogP contribution is 2.33. The van der Waals surface area contributed by atoms with Gasteiger partial charge in [0, 0.05) is 38.6 Å². The molecule has 0 saturated carbocycles. The van der Waals surface area contributed by atoms with E-state index < -0.39 is 0 Å². The van der Waals surface area contributed by atoms with Crippen molar-refractivity contribution < 1.29 is 0 Å². The summed E-state index contributed by atoms with van der Waals surface area (Å²) in [5.74, 6) is 0. The van der Waals surface area contributed by atoms with Gasteiger partial charge in [-0.15, -0.1) is 0 Å². The number of fused-ring (bicyclic) bond motifs is 1. The zero-order chi connectivity index (χ0) is 16.9. The molecule has 0 atom stereocenters. The number of rotatable bonds is 6. The number of anilines is 2. The van der Waals surface area contributed by atoms with Gasteiger partial charge >= 0.3 is 0 Å². The molecule has 2 aliphatic heterocycles. The van der Waals surface area contributed by atoms with Crippen LogP contribution in [0.15, 0.2) is 48.8 Å². The molecule has 4 heteroatoms. The van der Waals surface area contributed by atoms with E-state index in [1.807, 2.05) is 12.4 Å². The van der Waals surface area contributed by atoms with E-state index in [1.165, 1.54) is 55.8 Å². The lowest BCUT2D eigenvalue weighted by Crippen LogP contribution is -2.41. The maximum absolute atomic E-state index is 4.13. The van der Waals surface area contributed by atoms with Crippen LogP contribution in [0.5, 0.6) is 0 Å². The number of para-hydroxylation sites is 2. The quantitative estimate of drug-likeness (QED) is 0.806. The number of hydrogen-bond acceptors (Lipinski definition) is 4. The van der Waals surface area contributed by atoms with Gasteiger partial charge in [-0.3, -0.25) is 4.98 Å². The fourth-order valence-electron chi connectivity index (χ4n) is 4.08. The molecule has 4 nitrogen and oxygen atoms in total. The zero-order valence-electron chi connectivity index (χ0n) is 15.0. The predicted octanol–water partition coefficient (Wildman–Crippen LogP) is 3.39. The Morgan fingerprint density at radius 3 is 2.20 bits per heavy atom. The second-order valence-electron chi connectivity index (χ2n) is 7.16. The molecular weight excluding hydrogens is 308 g/mol. The Kier molecular flexibility index (Phi) is 5.17. The molecule has 1 saturated heterocycles. The summed E-state index contributed by atoms with van der Waals surface area (Å²) in [5.41, 5.74) is 4.09. The SMILES string of the molecule is c1ccc2c(c1)N(CCCN1CCCC1)CCN2Cc1ccncc1. The average Bonchev–Trinajstić information content (AvgIpc) is 3.18. The molecule has 1 aromatic heterocycles. The van der Waals surface area contributed by atoms with Gasteiger partial charge in [0.1, 0.15) is 0 Å². The van der Waals surface area contributed by atoms with E-state index >= 15 is 0 Å². The summed E-state index contributed by atoms with van der Waals surface area (Å²) in [5, 5.41) is 0. The Bertz CT molecular complexity index is 667. The molecule has 0 N–H and O–H groups in total. The number of nitrogens with zero attached hydrogens (tertiary/aromatic N) is 4. The second kappa shape index (κ2) is 7.87. The van der Waals surface area contributed by atoms with Gasteiger partial charge in [-0.1, -0.05) is 12.1 Å². The maximum Gasteiger partial charge on any atom is 0.0607 e. The second-order valence-corrected chi connectivity index (χ2v) is 7.16. The summed E-state index contributed by atoms with van der Waals surface area (Å²) in [6.45, 7) is 8.18. The van der Waals surface area contributed by atoms with Crippen molar-refractivity contribution in [1.82, 2.24) is 9.88 Å². The minimum atomic E-state index is 0.959. The van der Waals surface area contributed by atoms with E-state index in [9.17, 15) is 0 Å². The number of benzene rings is 1. The molecule has 2 aromatic rings. The van der Waals surface area contributed by atoms with Gasteiger partial charge in [0.15, 0.2) is 0 Å². The molecule has 25 heavy (non-hydrogen) atoms. The van der Waals surface area contributed by atoms with Gasteiger partial charge in [-0.2, -0.15) is 0 Å². The van der Waals surface area contributed by atoms with Gasteiger partial charge in [0.05, 0.1) is 11.4 Å². The third-order valence-corrected chi connectivity index (χ3v) is 5.43. The van der Waals surface area contributed by atoms with Crippen molar-refractivity contribution in [2.75, 3.05) is 49.1 Å². The Morgan fingerprint density at radius 1 is 0.760 bits per heavy atom. The Balaban J connectivity index is 1.41. The van der Waals surface area contributed by atoms with Gasteiger partial charge in [-0.25, -0.2) is 0 Å². The molecule has 1 aromatic carbocycles. The van der Waals surface area contributed by atoms with Crippen LogP contribution < -0.4 is 9.80 Å². The van der Waals surface area contributed by atoms with Crippen molar-refractivity contribution in [2.45, 2.75) is 25.8 Å². The highest BCUT2D eigenvalue weighted by Gasteiger charge is 2.22. The summed E-state index contributed by atoms with van der Waals surface area (Å²) >= 11 is 0. The standard InChI is InChI=1S/C21H28N4/c1-2-7-21-20(6-1)24(15-5-14-23-12-3-4-13-23)16-17-25(21)18-19-8-10-22-11-9-19/h1-2,6-11H,3-5,12-18H2. The average molecular weight is 336 g/mol. The monoisotopic (exact) mass is 336 g/mol. The van der Waals surface area contributed by atoms with Crippen LogP contribution in [0.2, 0.25) is 0 Å². The lowest BCUT2D eigenvalue weighted by molar-refractivity contribution is 0.334. The summed E-state index contributed by atoms with van der Waals surface area (Å²) in [4.78, 5) is 11.8. The number of likely N-dealkylation sites (tertiary alicyclic amines) is 1. The van der Waals surface area contributed by atoms with Crippen molar-refractivity contribution in [2.24, 2.45) is 0 Å². The van der Waals surface area contributed by atoms with E-state index in [0.717, 1.165) is 26.2 Å². The van der Waals surface area contributed by atoms with Crippen molar-refractivity contribution in [3.8, 4) is 0 Å². The van der Waals surface area contributed by atoms with Crippen molar-refractivity contribution in [3.63, 3.8) is 0 Å². The number of aromatic nitrogens is 1. The predicted molar refractivity (Wildman–Crippen MR) is 104 cm³/mol. The van der Waals surface area contributed by atoms with Crippen LogP contribution in [0, 0.1) is 0 Å². The van der Waals surface area contributed by atoms with Crippen molar-refractivity contribution in [3.05, 3.63) is 54.4 Å².